The third-order valence-electron chi connectivity index (χ3n) is 4.47. The topological polar surface area (TPSA) is 89.2 Å². The average Bonchev–Trinajstić information content (AvgIpc) is 2.66. The van der Waals surface area contributed by atoms with Gasteiger partial charge in [0.15, 0.2) is 0 Å². The van der Waals surface area contributed by atoms with Gasteiger partial charge in [-0.25, -0.2) is 0 Å². The summed E-state index contributed by atoms with van der Waals surface area (Å²) in [5.41, 5.74) is 6.52. The van der Waals surface area contributed by atoms with Crippen LogP contribution in [-0.4, -0.2) is 43.9 Å². The quantitative estimate of drug-likeness (QED) is 0.664. The van der Waals surface area contributed by atoms with Crippen LogP contribution in [0.3, 0.4) is 0 Å². The van der Waals surface area contributed by atoms with Gasteiger partial charge in [0.2, 0.25) is 11.9 Å². The van der Waals surface area contributed by atoms with Crippen LogP contribution in [0.1, 0.15) is 32.0 Å². The van der Waals surface area contributed by atoms with Gasteiger partial charge in [-0.05, 0) is 44.4 Å². The van der Waals surface area contributed by atoms with Crippen molar-refractivity contribution < 1.29 is 4.74 Å². The van der Waals surface area contributed by atoms with E-state index in [4.69, 9.17) is 34.3 Å². The van der Waals surface area contributed by atoms with Crippen LogP contribution in [0.4, 0.5) is 17.6 Å². The Labute approximate surface area is 179 Å². The lowest BCUT2D eigenvalue weighted by Gasteiger charge is -2.35. The zero-order valence-electron chi connectivity index (χ0n) is 15.8. The minimum absolute atomic E-state index is 0.145. The van der Waals surface area contributed by atoms with Crippen molar-refractivity contribution in [3.05, 3.63) is 29.0 Å². The highest BCUT2D eigenvalue weighted by molar-refractivity contribution is 8.22. The Morgan fingerprint density at radius 2 is 2.21 bits per heavy atom. The van der Waals surface area contributed by atoms with Gasteiger partial charge in [0.1, 0.15) is 15.9 Å². The number of nitrogen functional groups attached to an aromatic ring is 1. The third kappa shape index (κ3) is 5.36. The second-order valence-corrected chi connectivity index (χ2v) is 8.54. The highest BCUT2D eigenvalue weighted by Gasteiger charge is 2.21. The molecule has 0 radical (unpaired) electrons. The fraction of sp³-hybridized carbons (Fsp3) is 0.444. The van der Waals surface area contributed by atoms with E-state index in [0.717, 1.165) is 10.9 Å². The Morgan fingerprint density at radius 1 is 1.39 bits per heavy atom. The summed E-state index contributed by atoms with van der Waals surface area (Å²) < 4.78 is 6.21. The molecule has 0 bridgehead atoms. The van der Waals surface area contributed by atoms with Gasteiger partial charge in [0.05, 0.1) is 18.6 Å². The standard InChI is InChI=1S/C18H23ClN6OS2/c1-11-5-3-4-8-25(11)18(27)28-10-15-22-16(20)24-17(23-15)21-13-9-12(19)6-7-14(13)26-2/h6-7,9,11H,3-5,8,10H2,1-2H3,(H3,20,21,22,23,24). The lowest BCUT2D eigenvalue weighted by molar-refractivity contribution is 0.267. The molecule has 1 aliphatic rings. The van der Waals surface area contributed by atoms with Gasteiger partial charge in [-0.2, -0.15) is 15.0 Å². The normalized spacial score (nSPS) is 16.7. The molecule has 150 valence electrons. The number of nitrogens with one attached hydrogen (secondary N) is 1. The molecule has 0 aliphatic carbocycles. The number of piperidine rings is 1. The fourth-order valence-electron chi connectivity index (χ4n) is 3.04. The number of anilines is 3. The highest BCUT2D eigenvalue weighted by atomic mass is 35.5. The van der Waals surface area contributed by atoms with Gasteiger partial charge >= 0.3 is 0 Å². The molecular formula is C18H23ClN6OS2. The monoisotopic (exact) mass is 438 g/mol. The number of ether oxygens (including phenoxy) is 1. The lowest BCUT2D eigenvalue weighted by atomic mass is 10.1. The van der Waals surface area contributed by atoms with Crippen molar-refractivity contribution in [3.63, 3.8) is 0 Å². The van der Waals surface area contributed by atoms with Crippen LogP contribution in [0, 0.1) is 0 Å². The molecule has 3 N–H and O–H groups in total. The molecule has 1 fully saturated rings. The maximum atomic E-state index is 6.08. The summed E-state index contributed by atoms with van der Waals surface area (Å²) in [4.78, 5) is 15.1. The van der Waals surface area contributed by atoms with E-state index in [9.17, 15) is 0 Å². The molecule has 1 unspecified atom stereocenters. The zero-order chi connectivity index (χ0) is 20.1. The first kappa shape index (κ1) is 20.9. The van der Waals surface area contributed by atoms with E-state index >= 15 is 0 Å². The number of thiocarbonyl (C=S) groups is 1. The molecule has 3 rings (SSSR count). The fourth-order valence-corrected chi connectivity index (χ4v) is 4.47. The Balaban J connectivity index is 1.70. The van der Waals surface area contributed by atoms with E-state index in [2.05, 4.69) is 32.1 Å². The minimum atomic E-state index is 0.145. The summed E-state index contributed by atoms with van der Waals surface area (Å²) >= 11 is 13.2. The molecule has 1 atom stereocenters. The van der Waals surface area contributed by atoms with Crippen LogP contribution in [0.25, 0.3) is 0 Å². The Bertz CT molecular complexity index is 853. The first-order valence-corrected chi connectivity index (χ1v) is 10.8. The number of rotatable bonds is 5. The minimum Gasteiger partial charge on any atom is -0.495 e. The van der Waals surface area contributed by atoms with Gasteiger partial charge in [-0.1, -0.05) is 35.6 Å². The van der Waals surface area contributed by atoms with Crippen molar-refractivity contribution in [3.8, 4) is 5.75 Å². The Morgan fingerprint density at radius 3 is 2.96 bits per heavy atom. The number of methoxy groups -OCH3 is 1. The van der Waals surface area contributed by atoms with E-state index in [1.54, 1.807) is 37.1 Å². The molecule has 0 saturated carbocycles. The van der Waals surface area contributed by atoms with E-state index in [1.165, 1.54) is 19.3 Å². The lowest BCUT2D eigenvalue weighted by Crippen LogP contribution is -2.39. The van der Waals surface area contributed by atoms with Crippen molar-refractivity contribution in [2.75, 3.05) is 24.7 Å². The number of likely N-dealkylation sites (tertiary alicyclic amines) is 1. The summed E-state index contributed by atoms with van der Waals surface area (Å²) in [5, 5.41) is 3.67. The summed E-state index contributed by atoms with van der Waals surface area (Å²) in [6.07, 6.45) is 3.62. The van der Waals surface area contributed by atoms with Crippen LogP contribution < -0.4 is 15.8 Å². The Kier molecular flexibility index (Phi) is 7.14. The molecule has 0 amide bonds. The number of aromatic nitrogens is 3. The summed E-state index contributed by atoms with van der Waals surface area (Å²) in [5.74, 6) is 2.19. The van der Waals surface area contributed by atoms with Gasteiger partial charge in [0, 0.05) is 17.6 Å². The molecule has 10 heteroatoms. The van der Waals surface area contributed by atoms with Gasteiger partial charge in [0.25, 0.3) is 0 Å². The van der Waals surface area contributed by atoms with E-state index in [1.807, 2.05) is 0 Å². The van der Waals surface area contributed by atoms with Crippen molar-refractivity contribution in [2.45, 2.75) is 38.0 Å². The largest absolute Gasteiger partial charge is 0.495 e. The van der Waals surface area contributed by atoms with E-state index in [-0.39, 0.29) is 5.95 Å². The number of nitrogens with zero attached hydrogens (tertiary/aromatic N) is 4. The zero-order valence-corrected chi connectivity index (χ0v) is 18.2. The van der Waals surface area contributed by atoms with Crippen molar-refractivity contribution >= 4 is 57.5 Å². The summed E-state index contributed by atoms with van der Waals surface area (Å²) in [6, 6.07) is 5.73. The van der Waals surface area contributed by atoms with Crippen molar-refractivity contribution in [1.82, 2.24) is 19.9 Å². The maximum Gasteiger partial charge on any atom is 0.232 e. The molecule has 7 nitrogen and oxygen atoms in total. The molecule has 28 heavy (non-hydrogen) atoms. The summed E-state index contributed by atoms with van der Waals surface area (Å²) in [7, 11) is 1.58. The molecule has 1 aromatic heterocycles. The molecule has 0 spiro atoms. The van der Waals surface area contributed by atoms with Gasteiger partial charge in [-0.15, -0.1) is 0 Å². The molecular weight excluding hydrogens is 416 g/mol. The number of halogens is 1. The van der Waals surface area contributed by atoms with Gasteiger partial charge in [-0.3, -0.25) is 0 Å². The van der Waals surface area contributed by atoms with Crippen LogP contribution in [0.2, 0.25) is 5.02 Å². The number of thioether (sulfide) groups is 1. The first-order chi connectivity index (χ1) is 13.5. The number of hydrogen-bond donors (Lipinski definition) is 2. The third-order valence-corrected chi connectivity index (χ3v) is 6.18. The smallest absolute Gasteiger partial charge is 0.232 e. The molecule has 2 heterocycles. The Hall–Kier alpha value is -1.84. The predicted octanol–water partition coefficient (Wildman–Crippen LogP) is 4.25. The highest BCUT2D eigenvalue weighted by Crippen LogP contribution is 2.30. The van der Waals surface area contributed by atoms with Crippen molar-refractivity contribution in [1.29, 1.82) is 0 Å². The number of nitrogens with two attached hydrogens (primary N) is 1. The van der Waals surface area contributed by atoms with Gasteiger partial charge < -0.3 is 20.7 Å². The second kappa shape index (κ2) is 9.58. The summed E-state index contributed by atoms with van der Waals surface area (Å²) in [6.45, 7) is 3.22. The molecule has 1 aromatic carbocycles. The second-order valence-electron chi connectivity index (χ2n) is 6.50. The SMILES string of the molecule is COc1ccc(Cl)cc1Nc1nc(N)nc(CSC(=S)N2CCCCC2C)n1. The predicted molar refractivity (Wildman–Crippen MR) is 119 cm³/mol. The first-order valence-electron chi connectivity index (χ1n) is 9.00. The molecule has 1 aliphatic heterocycles. The van der Waals surface area contributed by atoms with Crippen LogP contribution in [0.5, 0.6) is 5.75 Å². The maximum absolute atomic E-state index is 6.08. The van der Waals surface area contributed by atoms with E-state index in [0.29, 0.717) is 40.0 Å². The average molecular weight is 439 g/mol. The van der Waals surface area contributed by atoms with E-state index < -0.39 is 0 Å². The van der Waals surface area contributed by atoms with Crippen LogP contribution in [-0.2, 0) is 5.75 Å². The molecule has 2 aromatic rings. The molecule has 1 saturated heterocycles. The number of hydrogen-bond acceptors (Lipinski definition) is 8. The van der Waals surface area contributed by atoms with Crippen molar-refractivity contribution in [2.24, 2.45) is 0 Å². The number of benzene rings is 1. The van der Waals surface area contributed by atoms with Crippen LogP contribution >= 0.6 is 35.6 Å². The van der Waals surface area contributed by atoms with Crippen LogP contribution in [0.15, 0.2) is 18.2 Å².